The van der Waals surface area contributed by atoms with Gasteiger partial charge in [-0.15, -0.1) is 0 Å². The molecule has 0 aromatic heterocycles. The number of hydrogen-bond acceptors (Lipinski definition) is 3. The van der Waals surface area contributed by atoms with Crippen molar-refractivity contribution in [3.63, 3.8) is 0 Å². The largest absolute Gasteiger partial charge is 0.463 e. The number of hydrogen-bond donors (Lipinski definition) is 1. The number of rotatable bonds is 7. The Balaban J connectivity index is 3.86. The maximum Gasteiger partial charge on any atom is 0.330 e. The second kappa shape index (κ2) is 8.24. The molecule has 3 nitrogen and oxygen atoms in total. The van der Waals surface area contributed by atoms with Gasteiger partial charge >= 0.3 is 5.97 Å². The Morgan fingerprint density at radius 3 is 2.60 bits per heavy atom. The Hall–Kier alpha value is -1.09. The van der Waals surface area contributed by atoms with Crippen molar-refractivity contribution in [3.8, 4) is 0 Å². The van der Waals surface area contributed by atoms with E-state index in [0.717, 1.165) is 24.0 Å². The summed E-state index contributed by atoms with van der Waals surface area (Å²) in [7, 11) is 0. The van der Waals surface area contributed by atoms with Crippen molar-refractivity contribution in [2.24, 2.45) is 0 Å². The highest BCUT2D eigenvalue weighted by Crippen LogP contribution is 2.12. The molecule has 3 heteroatoms. The molecule has 0 aromatic rings. The molecule has 0 atom stereocenters. The normalized spacial score (nSPS) is 11.3. The van der Waals surface area contributed by atoms with E-state index in [9.17, 15) is 4.79 Å². The molecule has 0 fully saturated rings. The van der Waals surface area contributed by atoms with E-state index in [1.165, 1.54) is 6.08 Å². The van der Waals surface area contributed by atoms with Gasteiger partial charge in [-0.05, 0) is 33.1 Å². The third kappa shape index (κ3) is 7.94. The van der Waals surface area contributed by atoms with Crippen molar-refractivity contribution in [1.82, 2.24) is 0 Å². The van der Waals surface area contributed by atoms with Crippen molar-refractivity contribution in [3.05, 3.63) is 23.8 Å². The summed E-state index contributed by atoms with van der Waals surface area (Å²) in [6.07, 6.45) is 3.74. The highest BCUT2D eigenvalue weighted by molar-refractivity contribution is 5.82. The number of aliphatic hydroxyl groups excluding tert-OH is 1. The standard InChI is InChI=1S/C12H20O3/c1-4-15-12(14)9-11(3)6-5-10(2)7-8-13/h9,13H,2,4-8H2,1,3H3/b11-9-. The molecule has 0 amide bonds. The molecule has 0 aliphatic rings. The first-order valence-electron chi connectivity index (χ1n) is 5.21. The van der Waals surface area contributed by atoms with Crippen LogP contribution in [0.4, 0.5) is 0 Å². The van der Waals surface area contributed by atoms with Crippen LogP contribution in [0, 0.1) is 0 Å². The van der Waals surface area contributed by atoms with Crippen LogP contribution in [-0.2, 0) is 9.53 Å². The molecule has 0 spiro atoms. The van der Waals surface area contributed by atoms with E-state index >= 15 is 0 Å². The van der Waals surface area contributed by atoms with Crippen molar-refractivity contribution in [1.29, 1.82) is 0 Å². The second-order valence-corrected chi connectivity index (χ2v) is 3.47. The molecule has 1 N–H and O–H groups in total. The van der Waals surface area contributed by atoms with E-state index in [1.54, 1.807) is 6.92 Å². The lowest BCUT2D eigenvalue weighted by molar-refractivity contribution is -0.137. The number of esters is 1. The van der Waals surface area contributed by atoms with E-state index in [-0.39, 0.29) is 12.6 Å². The van der Waals surface area contributed by atoms with Crippen LogP contribution in [0.5, 0.6) is 0 Å². The molecule has 15 heavy (non-hydrogen) atoms. The van der Waals surface area contributed by atoms with Crippen molar-refractivity contribution >= 4 is 5.97 Å². The van der Waals surface area contributed by atoms with Gasteiger partial charge in [0.15, 0.2) is 0 Å². The predicted octanol–water partition coefficient (Wildman–Crippen LogP) is 2.21. The maximum absolute atomic E-state index is 11.1. The quantitative estimate of drug-likeness (QED) is 0.400. The number of carbonyl (C=O) groups excluding carboxylic acids is 1. The van der Waals surface area contributed by atoms with Gasteiger partial charge in [0.05, 0.1) is 6.61 Å². The van der Waals surface area contributed by atoms with Crippen LogP contribution in [0.15, 0.2) is 23.8 Å². The summed E-state index contributed by atoms with van der Waals surface area (Å²) < 4.78 is 4.79. The fourth-order valence-electron chi connectivity index (χ4n) is 1.11. The molecule has 86 valence electrons. The molecule has 0 saturated heterocycles. The van der Waals surface area contributed by atoms with Crippen LogP contribution in [0.3, 0.4) is 0 Å². The van der Waals surface area contributed by atoms with Gasteiger partial charge in [0.1, 0.15) is 0 Å². The Morgan fingerprint density at radius 2 is 2.07 bits per heavy atom. The molecule has 0 rings (SSSR count). The van der Waals surface area contributed by atoms with Gasteiger partial charge in [0, 0.05) is 12.7 Å². The van der Waals surface area contributed by atoms with E-state index in [4.69, 9.17) is 9.84 Å². The molecular weight excluding hydrogens is 192 g/mol. The first-order valence-corrected chi connectivity index (χ1v) is 5.21. The third-order valence-corrected chi connectivity index (χ3v) is 1.99. The first-order chi connectivity index (χ1) is 7.10. The number of carbonyl (C=O) groups is 1. The highest BCUT2D eigenvalue weighted by Gasteiger charge is 1.99. The summed E-state index contributed by atoms with van der Waals surface area (Å²) in [5.74, 6) is -0.289. The van der Waals surface area contributed by atoms with Gasteiger partial charge in [0.25, 0.3) is 0 Å². The van der Waals surface area contributed by atoms with E-state index < -0.39 is 0 Å². The lowest BCUT2D eigenvalue weighted by atomic mass is 10.0. The summed E-state index contributed by atoms with van der Waals surface area (Å²) in [4.78, 5) is 11.1. The van der Waals surface area contributed by atoms with E-state index in [0.29, 0.717) is 13.0 Å². The summed E-state index contributed by atoms with van der Waals surface area (Å²) in [5, 5.41) is 8.67. The zero-order chi connectivity index (χ0) is 11.7. The topological polar surface area (TPSA) is 46.5 Å². The Kier molecular flexibility index (Phi) is 7.64. The fraction of sp³-hybridized carbons (Fsp3) is 0.583. The number of aliphatic hydroxyl groups is 1. The molecule has 0 radical (unpaired) electrons. The monoisotopic (exact) mass is 212 g/mol. The van der Waals surface area contributed by atoms with Crippen LogP contribution in [0.2, 0.25) is 0 Å². The molecule has 0 heterocycles. The SMILES string of the molecule is C=C(CCO)CC/C(C)=C\C(=O)OCC. The van der Waals surface area contributed by atoms with Gasteiger partial charge in [-0.2, -0.15) is 0 Å². The zero-order valence-electron chi connectivity index (χ0n) is 9.58. The average molecular weight is 212 g/mol. The molecule has 0 aromatic carbocycles. The van der Waals surface area contributed by atoms with Crippen molar-refractivity contribution < 1.29 is 14.6 Å². The van der Waals surface area contributed by atoms with Crippen LogP contribution in [-0.4, -0.2) is 24.3 Å². The summed E-state index contributed by atoms with van der Waals surface area (Å²) in [6, 6.07) is 0. The predicted molar refractivity (Wildman–Crippen MR) is 60.5 cm³/mol. The van der Waals surface area contributed by atoms with Crippen LogP contribution in [0.25, 0.3) is 0 Å². The average Bonchev–Trinajstić information content (AvgIpc) is 2.15. The lowest BCUT2D eigenvalue weighted by Gasteiger charge is -2.04. The van der Waals surface area contributed by atoms with Gasteiger partial charge in [-0.3, -0.25) is 0 Å². The molecule has 0 unspecified atom stereocenters. The second-order valence-electron chi connectivity index (χ2n) is 3.47. The van der Waals surface area contributed by atoms with E-state index in [1.807, 2.05) is 6.92 Å². The Labute approximate surface area is 91.4 Å². The Bertz CT molecular complexity index is 241. The smallest absolute Gasteiger partial charge is 0.330 e. The van der Waals surface area contributed by atoms with E-state index in [2.05, 4.69) is 6.58 Å². The summed E-state index contributed by atoms with van der Waals surface area (Å²) in [5.41, 5.74) is 1.99. The fourth-order valence-corrected chi connectivity index (χ4v) is 1.11. The van der Waals surface area contributed by atoms with Crippen LogP contribution >= 0.6 is 0 Å². The minimum absolute atomic E-state index is 0.138. The maximum atomic E-state index is 11.1. The first kappa shape index (κ1) is 13.9. The van der Waals surface area contributed by atoms with Gasteiger partial charge in [-0.1, -0.05) is 17.7 Å². The number of allylic oxidation sites excluding steroid dienone is 1. The minimum atomic E-state index is -0.289. The molecule has 0 saturated carbocycles. The lowest BCUT2D eigenvalue weighted by Crippen LogP contribution is -2.00. The minimum Gasteiger partial charge on any atom is -0.463 e. The van der Waals surface area contributed by atoms with Crippen molar-refractivity contribution in [2.45, 2.75) is 33.1 Å². The van der Waals surface area contributed by atoms with Crippen LogP contribution < -0.4 is 0 Å². The third-order valence-electron chi connectivity index (χ3n) is 1.99. The molecule has 0 aliphatic carbocycles. The molecule has 0 bridgehead atoms. The number of ether oxygens (including phenoxy) is 1. The van der Waals surface area contributed by atoms with Gasteiger partial charge in [0.2, 0.25) is 0 Å². The molecular formula is C12H20O3. The van der Waals surface area contributed by atoms with Gasteiger partial charge in [-0.25, -0.2) is 4.79 Å². The van der Waals surface area contributed by atoms with Gasteiger partial charge < -0.3 is 9.84 Å². The van der Waals surface area contributed by atoms with Crippen molar-refractivity contribution in [2.75, 3.05) is 13.2 Å². The van der Waals surface area contributed by atoms with Crippen LogP contribution in [0.1, 0.15) is 33.1 Å². The Morgan fingerprint density at radius 1 is 1.40 bits per heavy atom. The zero-order valence-corrected chi connectivity index (χ0v) is 9.58. The highest BCUT2D eigenvalue weighted by atomic mass is 16.5. The summed E-state index contributed by atoms with van der Waals surface area (Å²) in [6.45, 7) is 8.04. The summed E-state index contributed by atoms with van der Waals surface area (Å²) >= 11 is 0. The molecule has 0 aliphatic heterocycles.